The molecule has 1 aromatic rings. The molecule has 0 aliphatic heterocycles. The van der Waals surface area contributed by atoms with Gasteiger partial charge in [-0.2, -0.15) is 0 Å². The Balaban J connectivity index is 3.09. The van der Waals surface area contributed by atoms with E-state index in [9.17, 15) is 12.8 Å². The Kier molecular flexibility index (Phi) is 5.03. The molecule has 3 nitrogen and oxygen atoms in total. The zero-order valence-electron chi connectivity index (χ0n) is 9.30. The summed E-state index contributed by atoms with van der Waals surface area (Å²) in [6.07, 6.45) is 0.491. The van der Waals surface area contributed by atoms with E-state index in [1.165, 1.54) is 12.1 Å². The predicted molar refractivity (Wildman–Crippen MR) is 76.4 cm³/mol. The minimum atomic E-state index is -3.48. The van der Waals surface area contributed by atoms with Gasteiger partial charge in [-0.1, -0.05) is 18.5 Å². The van der Waals surface area contributed by atoms with Crippen LogP contribution in [0, 0.1) is 9.39 Å². The van der Waals surface area contributed by atoms with Gasteiger partial charge in [0.25, 0.3) is 0 Å². The summed E-state index contributed by atoms with van der Waals surface area (Å²) in [5, 5.41) is -0.446. The minimum Gasteiger partial charge on any atom is -0.282 e. The lowest BCUT2D eigenvalue weighted by Crippen LogP contribution is -2.24. The number of rotatable bonds is 4. The Morgan fingerprint density at radius 2 is 2.12 bits per heavy atom. The van der Waals surface area contributed by atoms with E-state index in [4.69, 9.17) is 11.6 Å². The van der Waals surface area contributed by atoms with Crippen LogP contribution in [0.2, 0.25) is 5.02 Å². The maximum absolute atomic E-state index is 13.1. The molecule has 1 N–H and O–H groups in total. The van der Waals surface area contributed by atoms with Crippen molar-refractivity contribution < 1.29 is 12.8 Å². The molecule has 1 atom stereocenters. The summed E-state index contributed by atoms with van der Waals surface area (Å²) in [6, 6.07) is 2.50. The molecule has 0 aliphatic carbocycles. The van der Waals surface area contributed by atoms with Crippen molar-refractivity contribution in [3.05, 3.63) is 26.5 Å². The molecule has 0 bridgehead atoms. The molecule has 0 saturated carbocycles. The van der Waals surface area contributed by atoms with Gasteiger partial charge in [0.15, 0.2) is 0 Å². The van der Waals surface area contributed by atoms with E-state index in [2.05, 4.69) is 4.72 Å². The zero-order chi connectivity index (χ0) is 13.2. The first-order valence-electron chi connectivity index (χ1n) is 4.94. The third-order valence-corrected chi connectivity index (χ3v) is 6.06. The van der Waals surface area contributed by atoms with Gasteiger partial charge in [-0.15, -0.1) is 0 Å². The maximum atomic E-state index is 13.1. The number of benzene rings is 1. The molecule has 0 saturated heterocycles. The maximum Gasteiger partial charge on any atom is 0.235 e. The second kappa shape index (κ2) is 5.71. The minimum absolute atomic E-state index is 0.0810. The Labute approximate surface area is 119 Å². The third kappa shape index (κ3) is 3.45. The Morgan fingerprint density at radius 3 is 2.65 bits per heavy atom. The van der Waals surface area contributed by atoms with E-state index >= 15 is 0 Å². The van der Waals surface area contributed by atoms with Crippen LogP contribution in [-0.2, 0) is 10.0 Å². The summed E-state index contributed by atoms with van der Waals surface area (Å²) < 4.78 is 39.4. The molecule has 0 aromatic heterocycles. The van der Waals surface area contributed by atoms with Crippen LogP contribution in [0.5, 0.6) is 0 Å². The van der Waals surface area contributed by atoms with Crippen molar-refractivity contribution in [1.29, 1.82) is 0 Å². The fraction of sp³-hybridized carbons (Fsp3) is 0.400. The van der Waals surface area contributed by atoms with Gasteiger partial charge >= 0.3 is 0 Å². The van der Waals surface area contributed by atoms with Crippen LogP contribution < -0.4 is 4.72 Å². The third-order valence-electron chi connectivity index (χ3n) is 2.39. The van der Waals surface area contributed by atoms with Gasteiger partial charge < -0.3 is 0 Å². The van der Waals surface area contributed by atoms with E-state index in [0.717, 1.165) is 0 Å². The second-order valence-electron chi connectivity index (χ2n) is 3.59. The summed E-state index contributed by atoms with van der Waals surface area (Å²) in [5.74, 6) is -0.470. The number of hydrogen-bond acceptors (Lipinski definition) is 2. The average Bonchev–Trinajstić information content (AvgIpc) is 2.28. The standard InChI is InChI=1S/C10H12ClFINO2S/c1-3-6(2)17(15,16)14-8-5-4-7(12)10(13)9(8)11/h4-6,14H,3H2,1-2H3. The van der Waals surface area contributed by atoms with Crippen molar-refractivity contribution in [2.45, 2.75) is 25.5 Å². The van der Waals surface area contributed by atoms with E-state index in [1.54, 1.807) is 36.4 Å². The fourth-order valence-electron chi connectivity index (χ4n) is 1.08. The van der Waals surface area contributed by atoms with Gasteiger partial charge in [0.05, 0.1) is 19.5 Å². The van der Waals surface area contributed by atoms with Crippen LogP contribution in [0.3, 0.4) is 0 Å². The number of hydrogen-bond donors (Lipinski definition) is 1. The molecule has 0 heterocycles. The normalized spacial score (nSPS) is 13.5. The monoisotopic (exact) mass is 391 g/mol. The van der Waals surface area contributed by atoms with Crippen molar-refractivity contribution in [3.63, 3.8) is 0 Å². The molecular weight excluding hydrogens is 380 g/mol. The van der Waals surface area contributed by atoms with Gasteiger partial charge in [0.1, 0.15) is 5.82 Å². The molecule has 0 fully saturated rings. The first-order valence-corrected chi connectivity index (χ1v) is 7.95. The molecule has 1 aromatic carbocycles. The van der Waals surface area contributed by atoms with Gasteiger partial charge in [-0.05, 0) is 48.1 Å². The highest BCUT2D eigenvalue weighted by Crippen LogP contribution is 2.30. The molecule has 1 rings (SSSR count). The summed E-state index contributed by atoms with van der Waals surface area (Å²) >= 11 is 7.61. The molecule has 0 spiro atoms. The van der Waals surface area contributed by atoms with Gasteiger partial charge in [0, 0.05) is 0 Å². The predicted octanol–water partition coefficient (Wildman–Crippen LogP) is 3.62. The van der Waals surface area contributed by atoms with E-state index in [1.807, 2.05) is 0 Å². The van der Waals surface area contributed by atoms with Crippen molar-refractivity contribution in [1.82, 2.24) is 0 Å². The highest BCUT2D eigenvalue weighted by atomic mass is 127. The summed E-state index contributed by atoms with van der Waals surface area (Å²) in [7, 11) is -3.48. The highest BCUT2D eigenvalue weighted by Gasteiger charge is 2.21. The van der Waals surface area contributed by atoms with Crippen molar-refractivity contribution >= 4 is 49.9 Å². The fourth-order valence-corrected chi connectivity index (χ4v) is 2.92. The zero-order valence-corrected chi connectivity index (χ0v) is 13.0. The molecule has 0 aliphatic rings. The number of sulfonamides is 1. The summed E-state index contributed by atoms with van der Waals surface area (Å²) in [6.45, 7) is 3.38. The SMILES string of the molecule is CCC(C)S(=O)(=O)Nc1ccc(F)c(I)c1Cl. The topological polar surface area (TPSA) is 46.2 Å². The van der Waals surface area contributed by atoms with Gasteiger partial charge in [0.2, 0.25) is 10.0 Å². The molecule has 7 heteroatoms. The van der Waals surface area contributed by atoms with Crippen LogP contribution >= 0.6 is 34.2 Å². The van der Waals surface area contributed by atoms with Crippen LogP contribution in [0.25, 0.3) is 0 Å². The lowest BCUT2D eigenvalue weighted by molar-refractivity contribution is 0.586. The quantitative estimate of drug-likeness (QED) is 0.629. The number of anilines is 1. The molecule has 17 heavy (non-hydrogen) atoms. The Bertz CT molecular complexity index is 521. The first-order chi connectivity index (χ1) is 7.79. The number of halogens is 3. The van der Waals surface area contributed by atoms with E-state index < -0.39 is 21.1 Å². The summed E-state index contributed by atoms with van der Waals surface area (Å²) in [5.41, 5.74) is 0.206. The second-order valence-corrected chi connectivity index (χ2v) is 7.14. The van der Waals surface area contributed by atoms with E-state index in [-0.39, 0.29) is 14.3 Å². The molecular formula is C10H12ClFINO2S. The number of nitrogens with one attached hydrogen (secondary N) is 1. The van der Waals surface area contributed by atoms with Crippen LogP contribution in [0.15, 0.2) is 12.1 Å². The van der Waals surface area contributed by atoms with Gasteiger partial charge in [-0.25, -0.2) is 12.8 Å². The van der Waals surface area contributed by atoms with Crippen LogP contribution in [0.1, 0.15) is 20.3 Å². The molecule has 0 amide bonds. The largest absolute Gasteiger partial charge is 0.282 e. The van der Waals surface area contributed by atoms with Gasteiger partial charge in [-0.3, -0.25) is 4.72 Å². The molecule has 96 valence electrons. The lowest BCUT2D eigenvalue weighted by atomic mass is 10.3. The summed E-state index contributed by atoms with van der Waals surface area (Å²) in [4.78, 5) is 0. The van der Waals surface area contributed by atoms with Crippen LogP contribution in [-0.4, -0.2) is 13.7 Å². The lowest BCUT2D eigenvalue weighted by Gasteiger charge is -2.14. The van der Waals surface area contributed by atoms with Crippen LogP contribution in [0.4, 0.5) is 10.1 Å². The Hall–Kier alpha value is -0.0800. The highest BCUT2D eigenvalue weighted by molar-refractivity contribution is 14.1. The Morgan fingerprint density at radius 1 is 1.53 bits per heavy atom. The molecule has 1 unspecified atom stereocenters. The van der Waals surface area contributed by atoms with Crippen molar-refractivity contribution in [2.24, 2.45) is 0 Å². The molecule has 0 radical (unpaired) electrons. The average molecular weight is 392 g/mol. The van der Waals surface area contributed by atoms with Crippen molar-refractivity contribution in [3.8, 4) is 0 Å². The van der Waals surface area contributed by atoms with E-state index in [0.29, 0.717) is 6.42 Å². The smallest absolute Gasteiger partial charge is 0.235 e. The van der Waals surface area contributed by atoms with Crippen molar-refractivity contribution in [2.75, 3.05) is 4.72 Å². The first kappa shape index (κ1) is 15.0.